The molecule has 0 spiro atoms. The topological polar surface area (TPSA) is 61.4 Å². The van der Waals surface area contributed by atoms with E-state index in [1.807, 2.05) is 42.7 Å². The largest absolute Gasteiger partial charge is 0.467 e. The number of thiophene rings is 1. The maximum Gasteiger partial charge on any atom is 0.348 e. The number of furan rings is 1. The molecule has 6 heteroatoms. The lowest BCUT2D eigenvalue weighted by Crippen LogP contribution is -2.14. The first-order chi connectivity index (χ1) is 13.0. The smallest absolute Gasteiger partial charge is 0.348 e. The molecule has 0 amide bonds. The van der Waals surface area contributed by atoms with Gasteiger partial charge in [0.1, 0.15) is 10.6 Å². The molecule has 0 saturated carbocycles. The Balaban J connectivity index is 1.42. The summed E-state index contributed by atoms with van der Waals surface area (Å²) in [5.41, 5.74) is 3.65. The van der Waals surface area contributed by atoms with Gasteiger partial charge < -0.3 is 13.7 Å². The number of Topliss-reactive ketones (excluding diaryl/α,β-unsaturated/α-hetero) is 1. The Morgan fingerprint density at radius 3 is 2.85 bits per heavy atom. The van der Waals surface area contributed by atoms with Crippen molar-refractivity contribution in [3.63, 3.8) is 0 Å². The van der Waals surface area contributed by atoms with E-state index < -0.39 is 5.97 Å². The molecule has 5 nitrogen and oxygen atoms in total. The maximum atomic E-state index is 12.6. The molecule has 27 heavy (non-hydrogen) atoms. The summed E-state index contributed by atoms with van der Waals surface area (Å²) in [5, 5.41) is 0. The van der Waals surface area contributed by atoms with E-state index in [9.17, 15) is 9.59 Å². The third kappa shape index (κ3) is 3.49. The van der Waals surface area contributed by atoms with Gasteiger partial charge in [0.05, 0.1) is 12.8 Å². The third-order valence-electron chi connectivity index (χ3n) is 5.05. The lowest BCUT2D eigenvalue weighted by molar-refractivity contribution is 0.0479. The lowest BCUT2D eigenvalue weighted by Gasteiger charge is -2.08. The van der Waals surface area contributed by atoms with E-state index in [1.165, 1.54) is 21.8 Å². The highest BCUT2D eigenvalue weighted by Gasteiger charge is 2.21. The molecule has 0 atom stereocenters. The minimum absolute atomic E-state index is 0.189. The highest BCUT2D eigenvalue weighted by molar-refractivity contribution is 7.14. The Kier molecular flexibility index (Phi) is 4.74. The van der Waals surface area contributed by atoms with Gasteiger partial charge in [0, 0.05) is 21.8 Å². The summed E-state index contributed by atoms with van der Waals surface area (Å²) in [6.45, 7) is 4.17. The minimum atomic E-state index is -0.410. The van der Waals surface area contributed by atoms with E-state index in [1.54, 1.807) is 6.26 Å². The number of ketones is 1. The van der Waals surface area contributed by atoms with Crippen LogP contribution in [0.25, 0.3) is 0 Å². The SMILES string of the molecule is Cc1cc(C(=O)COC(=O)c2cc3c(s2)CCC3)c(C)n1Cc1ccco1. The zero-order chi connectivity index (χ0) is 19.0. The van der Waals surface area contributed by atoms with Gasteiger partial charge in [0.25, 0.3) is 0 Å². The molecule has 3 heterocycles. The van der Waals surface area contributed by atoms with Crippen molar-refractivity contribution in [2.24, 2.45) is 0 Å². The molecule has 0 radical (unpaired) electrons. The van der Waals surface area contributed by atoms with Gasteiger partial charge in [-0.1, -0.05) is 0 Å². The molecule has 0 fully saturated rings. The first-order valence-electron chi connectivity index (χ1n) is 9.04. The van der Waals surface area contributed by atoms with Crippen LogP contribution < -0.4 is 0 Å². The van der Waals surface area contributed by atoms with Crippen molar-refractivity contribution in [3.8, 4) is 0 Å². The van der Waals surface area contributed by atoms with E-state index in [2.05, 4.69) is 0 Å². The van der Waals surface area contributed by atoms with Crippen LogP contribution in [0.4, 0.5) is 0 Å². The Bertz CT molecular complexity index is 972. The van der Waals surface area contributed by atoms with E-state index in [-0.39, 0.29) is 12.4 Å². The van der Waals surface area contributed by atoms with Gasteiger partial charge in [-0.2, -0.15) is 0 Å². The number of ether oxygens (including phenoxy) is 1. The average Bonchev–Trinajstić information content (AvgIpc) is 3.40. The molecule has 1 aliphatic rings. The second-order valence-electron chi connectivity index (χ2n) is 6.86. The van der Waals surface area contributed by atoms with Crippen molar-refractivity contribution >= 4 is 23.1 Å². The molecule has 140 valence electrons. The first kappa shape index (κ1) is 17.8. The molecule has 0 aliphatic heterocycles. The molecule has 4 rings (SSSR count). The number of aromatic nitrogens is 1. The molecule has 3 aromatic heterocycles. The Labute approximate surface area is 161 Å². The van der Waals surface area contributed by atoms with Gasteiger partial charge in [-0.05, 0) is 62.9 Å². The van der Waals surface area contributed by atoms with E-state index in [4.69, 9.17) is 9.15 Å². The van der Waals surface area contributed by atoms with Crippen LogP contribution in [0.5, 0.6) is 0 Å². The molecule has 0 aromatic carbocycles. The predicted octanol–water partition coefficient (Wildman–Crippen LogP) is 4.34. The number of fused-ring (bicyclic) bond motifs is 1. The number of hydrogen-bond donors (Lipinski definition) is 0. The highest BCUT2D eigenvalue weighted by Crippen LogP contribution is 2.31. The zero-order valence-corrected chi connectivity index (χ0v) is 16.2. The van der Waals surface area contributed by atoms with E-state index in [0.717, 1.165) is 36.4 Å². The van der Waals surface area contributed by atoms with Gasteiger partial charge in [-0.25, -0.2) is 4.79 Å². The van der Waals surface area contributed by atoms with Gasteiger partial charge >= 0.3 is 5.97 Å². The van der Waals surface area contributed by atoms with Crippen LogP contribution in [-0.4, -0.2) is 22.9 Å². The van der Waals surface area contributed by atoms with Crippen LogP contribution in [0.1, 0.15) is 54.0 Å². The molecule has 0 bridgehead atoms. The van der Waals surface area contributed by atoms with Gasteiger partial charge in [0.2, 0.25) is 5.78 Å². The molecule has 3 aromatic rings. The number of nitrogens with zero attached hydrogens (tertiary/aromatic N) is 1. The van der Waals surface area contributed by atoms with E-state index >= 15 is 0 Å². The summed E-state index contributed by atoms with van der Waals surface area (Å²) in [6.07, 6.45) is 4.85. The van der Waals surface area contributed by atoms with Crippen molar-refractivity contribution in [1.29, 1.82) is 0 Å². The molecular formula is C21H21NO4S. The number of rotatable bonds is 6. The van der Waals surface area contributed by atoms with Crippen molar-refractivity contribution in [2.45, 2.75) is 39.7 Å². The molecule has 0 N–H and O–H groups in total. The number of hydrogen-bond acceptors (Lipinski definition) is 5. The van der Waals surface area contributed by atoms with Crippen LogP contribution in [0, 0.1) is 13.8 Å². The second kappa shape index (κ2) is 7.19. The van der Waals surface area contributed by atoms with Crippen LogP contribution in [0.2, 0.25) is 0 Å². The number of esters is 1. The van der Waals surface area contributed by atoms with Crippen molar-refractivity contribution in [2.75, 3.05) is 6.61 Å². The fourth-order valence-electron chi connectivity index (χ4n) is 3.59. The van der Waals surface area contributed by atoms with Crippen LogP contribution in [-0.2, 0) is 24.1 Å². The van der Waals surface area contributed by atoms with Crippen LogP contribution in [0.15, 0.2) is 34.9 Å². The highest BCUT2D eigenvalue weighted by atomic mass is 32.1. The molecule has 1 aliphatic carbocycles. The summed E-state index contributed by atoms with van der Waals surface area (Å²) in [6, 6.07) is 7.50. The average molecular weight is 383 g/mol. The maximum absolute atomic E-state index is 12.6. The Morgan fingerprint density at radius 2 is 2.11 bits per heavy atom. The van der Waals surface area contributed by atoms with Gasteiger partial charge in [-0.3, -0.25) is 4.79 Å². The van der Waals surface area contributed by atoms with Crippen molar-refractivity contribution in [3.05, 3.63) is 68.6 Å². The Morgan fingerprint density at radius 1 is 1.26 bits per heavy atom. The number of carbonyl (C=O) groups excluding carboxylic acids is 2. The lowest BCUT2D eigenvalue weighted by atomic mass is 10.1. The van der Waals surface area contributed by atoms with Crippen molar-refractivity contribution in [1.82, 2.24) is 4.57 Å². The standard InChI is InChI=1S/C21H21NO4S/c1-13-9-17(14(2)22(13)11-16-6-4-8-25-16)18(23)12-26-21(24)20-10-15-5-3-7-19(15)27-20/h4,6,8-10H,3,5,7,11-12H2,1-2H3. The first-order valence-corrected chi connectivity index (χ1v) is 9.85. The fraction of sp³-hybridized carbons (Fsp3) is 0.333. The van der Waals surface area contributed by atoms with Gasteiger partial charge in [0.15, 0.2) is 6.61 Å². The Hall–Kier alpha value is -2.60. The molecule has 0 saturated heterocycles. The van der Waals surface area contributed by atoms with Crippen molar-refractivity contribution < 1.29 is 18.7 Å². The quantitative estimate of drug-likeness (QED) is 0.469. The van der Waals surface area contributed by atoms with Gasteiger partial charge in [-0.15, -0.1) is 11.3 Å². The predicted molar refractivity (Wildman–Crippen MR) is 103 cm³/mol. The number of carbonyl (C=O) groups is 2. The second-order valence-corrected chi connectivity index (χ2v) is 8.00. The number of aryl methyl sites for hydroxylation is 3. The summed E-state index contributed by atoms with van der Waals surface area (Å²) in [5.74, 6) is 0.228. The summed E-state index contributed by atoms with van der Waals surface area (Å²) in [4.78, 5) is 26.7. The normalized spacial score (nSPS) is 13.0. The molecule has 0 unspecified atom stereocenters. The van der Waals surface area contributed by atoms with Crippen LogP contribution >= 0.6 is 11.3 Å². The monoisotopic (exact) mass is 383 g/mol. The van der Waals surface area contributed by atoms with E-state index in [0.29, 0.717) is 17.0 Å². The fourth-order valence-corrected chi connectivity index (χ4v) is 4.74. The summed E-state index contributed by atoms with van der Waals surface area (Å²) in [7, 11) is 0. The molecular weight excluding hydrogens is 362 g/mol. The third-order valence-corrected chi connectivity index (χ3v) is 6.27. The minimum Gasteiger partial charge on any atom is -0.467 e. The van der Waals surface area contributed by atoms with Crippen LogP contribution in [0.3, 0.4) is 0 Å². The summed E-state index contributed by atoms with van der Waals surface area (Å²) >= 11 is 1.49. The zero-order valence-electron chi connectivity index (χ0n) is 15.4. The summed E-state index contributed by atoms with van der Waals surface area (Å²) < 4.78 is 12.7.